The molecular weight excluding hydrogens is 286 g/mol. The number of hydrogen-bond donors (Lipinski definition) is 2. The Morgan fingerprint density at radius 1 is 1.35 bits per heavy atom. The number of nitrogens with zero attached hydrogens (tertiary/aromatic N) is 1. The number of nitro groups is 1. The van der Waals surface area contributed by atoms with E-state index in [9.17, 15) is 19.7 Å². The first-order valence-corrected chi connectivity index (χ1v) is 6.32. The average Bonchev–Trinajstić information content (AvgIpc) is 2.42. The molecule has 0 radical (unpaired) electrons. The fourth-order valence-corrected chi connectivity index (χ4v) is 1.65. The fourth-order valence-electron chi connectivity index (χ4n) is 1.38. The summed E-state index contributed by atoms with van der Waals surface area (Å²) in [5.74, 6) is -0.866. The monoisotopic (exact) mass is 299 g/mol. The molecule has 0 spiro atoms. The number of carbonyl (C=O) groups is 2. The molecule has 8 heteroatoms. The molecule has 2 amide bonds. The van der Waals surface area contributed by atoms with E-state index >= 15 is 0 Å². The number of hydrogen-bond acceptors (Lipinski definition) is 4. The van der Waals surface area contributed by atoms with E-state index in [2.05, 4.69) is 10.6 Å². The van der Waals surface area contributed by atoms with Gasteiger partial charge in [0.2, 0.25) is 5.91 Å². The minimum Gasteiger partial charge on any atom is -0.355 e. The van der Waals surface area contributed by atoms with Gasteiger partial charge in [-0.15, -0.1) is 0 Å². The van der Waals surface area contributed by atoms with Crippen LogP contribution in [0.5, 0.6) is 0 Å². The number of nitrogens with one attached hydrogen (secondary N) is 2. The summed E-state index contributed by atoms with van der Waals surface area (Å²) in [4.78, 5) is 33.0. The predicted octanol–water partition coefficient (Wildman–Crippen LogP) is 1.50. The highest BCUT2D eigenvalue weighted by atomic mass is 35.5. The molecule has 2 N–H and O–H groups in total. The first-order chi connectivity index (χ1) is 9.45. The van der Waals surface area contributed by atoms with Crippen LogP contribution < -0.4 is 10.6 Å². The van der Waals surface area contributed by atoms with E-state index in [4.69, 9.17) is 11.6 Å². The molecule has 7 nitrogen and oxygen atoms in total. The third-order valence-electron chi connectivity index (χ3n) is 2.39. The summed E-state index contributed by atoms with van der Waals surface area (Å²) in [5, 5.41) is 15.5. The molecule has 0 aromatic heterocycles. The summed E-state index contributed by atoms with van der Waals surface area (Å²) in [6, 6.07) is 3.52. The Morgan fingerprint density at radius 2 is 2.05 bits per heavy atom. The third kappa shape index (κ3) is 4.51. The van der Waals surface area contributed by atoms with Crippen molar-refractivity contribution in [3.05, 3.63) is 38.9 Å². The van der Waals surface area contributed by atoms with Gasteiger partial charge in [-0.05, 0) is 12.5 Å². The number of carbonyl (C=O) groups excluding carboxylic acids is 2. The normalized spacial score (nSPS) is 9.90. The van der Waals surface area contributed by atoms with Crippen LogP contribution in [0.1, 0.15) is 23.7 Å². The van der Waals surface area contributed by atoms with Crippen LogP contribution in [0.3, 0.4) is 0 Å². The molecule has 0 aliphatic rings. The second-order valence-corrected chi connectivity index (χ2v) is 4.36. The van der Waals surface area contributed by atoms with Crippen molar-refractivity contribution in [1.29, 1.82) is 0 Å². The molecule has 0 fully saturated rings. The van der Waals surface area contributed by atoms with Crippen molar-refractivity contribution in [2.24, 2.45) is 0 Å². The topological polar surface area (TPSA) is 101 Å². The van der Waals surface area contributed by atoms with Crippen molar-refractivity contribution in [2.45, 2.75) is 13.3 Å². The Hall–Kier alpha value is -2.15. The number of nitro benzene ring substituents is 1. The zero-order chi connectivity index (χ0) is 15.1. The third-order valence-corrected chi connectivity index (χ3v) is 2.70. The minimum absolute atomic E-state index is 0.0364. The minimum atomic E-state index is -0.605. The van der Waals surface area contributed by atoms with E-state index in [1.165, 1.54) is 12.1 Å². The predicted molar refractivity (Wildman–Crippen MR) is 73.7 cm³/mol. The van der Waals surface area contributed by atoms with Gasteiger partial charge in [-0.25, -0.2) is 0 Å². The van der Waals surface area contributed by atoms with Gasteiger partial charge in [0.1, 0.15) is 0 Å². The van der Waals surface area contributed by atoms with Gasteiger partial charge in [-0.2, -0.15) is 0 Å². The van der Waals surface area contributed by atoms with Crippen LogP contribution in [-0.2, 0) is 4.79 Å². The quantitative estimate of drug-likeness (QED) is 0.614. The molecular formula is C12H14ClN3O4. The van der Waals surface area contributed by atoms with Crippen molar-refractivity contribution >= 4 is 29.1 Å². The first kappa shape index (κ1) is 15.9. The van der Waals surface area contributed by atoms with E-state index in [0.29, 0.717) is 6.54 Å². The molecule has 0 atom stereocenters. The maximum absolute atomic E-state index is 11.8. The molecule has 0 saturated carbocycles. The van der Waals surface area contributed by atoms with Crippen LogP contribution in [0.25, 0.3) is 0 Å². The number of benzene rings is 1. The summed E-state index contributed by atoms with van der Waals surface area (Å²) in [5.41, 5.74) is -0.118. The molecule has 0 heterocycles. The zero-order valence-electron chi connectivity index (χ0n) is 10.8. The number of halogens is 1. The lowest BCUT2D eigenvalue weighted by molar-refractivity contribution is -0.384. The highest BCUT2D eigenvalue weighted by Crippen LogP contribution is 2.22. The zero-order valence-corrected chi connectivity index (χ0v) is 11.6. The van der Waals surface area contributed by atoms with Gasteiger partial charge in [0.25, 0.3) is 11.6 Å². The maximum atomic E-state index is 11.8. The largest absolute Gasteiger partial charge is 0.355 e. The van der Waals surface area contributed by atoms with Crippen molar-refractivity contribution in [3.8, 4) is 0 Å². The van der Waals surface area contributed by atoms with Crippen LogP contribution in [0.2, 0.25) is 5.02 Å². The lowest BCUT2D eigenvalue weighted by atomic mass is 10.2. The Labute approximate surface area is 120 Å². The molecule has 0 unspecified atom stereocenters. The lowest BCUT2D eigenvalue weighted by Crippen LogP contribution is -2.37. The van der Waals surface area contributed by atoms with Crippen LogP contribution in [-0.4, -0.2) is 29.8 Å². The van der Waals surface area contributed by atoms with Gasteiger partial charge in [0.05, 0.1) is 22.1 Å². The molecule has 0 saturated heterocycles. The Morgan fingerprint density at radius 3 is 2.60 bits per heavy atom. The van der Waals surface area contributed by atoms with Gasteiger partial charge >= 0.3 is 0 Å². The second kappa shape index (κ2) is 7.44. The highest BCUT2D eigenvalue weighted by molar-refractivity contribution is 6.34. The molecule has 0 aliphatic heterocycles. The van der Waals surface area contributed by atoms with Crippen LogP contribution >= 0.6 is 11.6 Å². The van der Waals surface area contributed by atoms with E-state index in [0.717, 1.165) is 12.5 Å². The average molecular weight is 300 g/mol. The van der Waals surface area contributed by atoms with E-state index in [1.807, 2.05) is 6.92 Å². The summed E-state index contributed by atoms with van der Waals surface area (Å²) in [6.45, 7) is 2.27. The van der Waals surface area contributed by atoms with Gasteiger partial charge < -0.3 is 10.6 Å². The summed E-state index contributed by atoms with van der Waals surface area (Å²) in [7, 11) is 0. The molecule has 0 bridgehead atoms. The van der Waals surface area contributed by atoms with Crippen LogP contribution in [0.15, 0.2) is 18.2 Å². The summed E-state index contributed by atoms with van der Waals surface area (Å²) < 4.78 is 0. The molecule has 1 rings (SSSR count). The van der Waals surface area contributed by atoms with Crippen LogP contribution in [0.4, 0.5) is 5.69 Å². The fraction of sp³-hybridized carbons (Fsp3) is 0.333. The highest BCUT2D eigenvalue weighted by Gasteiger charge is 2.15. The Bertz CT molecular complexity index is 533. The van der Waals surface area contributed by atoms with Gasteiger partial charge in [-0.1, -0.05) is 18.5 Å². The molecule has 20 heavy (non-hydrogen) atoms. The number of non-ortho nitro benzene ring substituents is 1. The van der Waals surface area contributed by atoms with Gasteiger partial charge in [0, 0.05) is 18.7 Å². The van der Waals surface area contributed by atoms with Gasteiger partial charge in [0.15, 0.2) is 0 Å². The second-order valence-electron chi connectivity index (χ2n) is 3.95. The SMILES string of the molecule is CCCNC(=O)CNC(=O)c1ccc([N+](=O)[O-])cc1Cl. The van der Waals surface area contributed by atoms with Crippen molar-refractivity contribution in [2.75, 3.05) is 13.1 Å². The lowest BCUT2D eigenvalue weighted by Gasteiger charge is -2.07. The summed E-state index contributed by atoms with van der Waals surface area (Å²) in [6.07, 6.45) is 0.799. The van der Waals surface area contributed by atoms with Crippen molar-refractivity contribution in [3.63, 3.8) is 0 Å². The Kier molecular flexibility index (Phi) is 5.92. The maximum Gasteiger partial charge on any atom is 0.270 e. The molecule has 108 valence electrons. The molecule has 1 aromatic carbocycles. The van der Waals surface area contributed by atoms with Gasteiger partial charge in [-0.3, -0.25) is 19.7 Å². The van der Waals surface area contributed by atoms with E-state index in [-0.39, 0.29) is 28.7 Å². The summed E-state index contributed by atoms with van der Waals surface area (Å²) >= 11 is 5.80. The van der Waals surface area contributed by atoms with Crippen molar-refractivity contribution in [1.82, 2.24) is 10.6 Å². The Balaban J connectivity index is 2.64. The first-order valence-electron chi connectivity index (χ1n) is 5.94. The molecule has 1 aromatic rings. The van der Waals surface area contributed by atoms with E-state index in [1.54, 1.807) is 0 Å². The number of amides is 2. The standard InChI is InChI=1S/C12H14ClN3O4/c1-2-5-14-11(17)7-15-12(18)9-4-3-8(16(19)20)6-10(9)13/h3-4,6H,2,5,7H2,1H3,(H,14,17)(H,15,18). The molecule has 0 aliphatic carbocycles. The van der Waals surface area contributed by atoms with E-state index < -0.39 is 10.8 Å². The smallest absolute Gasteiger partial charge is 0.270 e. The van der Waals surface area contributed by atoms with Crippen molar-refractivity contribution < 1.29 is 14.5 Å². The van der Waals surface area contributed by atoms with Crippen LogP contribution in [0, 0.1) is 10.1 Å². The number of rotatable bonds is 6.